The van der Waals surface area contributed by atoms with Crippen molar-refractivity contribution in [2.24, 2.45) is 5.73 Å². The molecule has 6 nitrogen and oxygen atoms in total. The van der Waals surface area contributed by atoms with Gasteiger partial charge in [0, 0.05) is 12.6 Å². The molecular weight excluding hydrogens is 232 g/mol. The van der Waals surface area contributed by atoms with Crippen molar-refractivity contribution < 1.29 is 9.47 Å². The summed E-state index contributed by atoms with van der Waals surface area (Å²) < 4.78 is 12.4. The fourth-order valence-corrected chi connectivity index (χ4v) is 1.49. The monoisotopic (exact) mass is 248 g/mol. The highest BCUT2D eigenvalue weighted by atomic mass is 16.5. The molecule has 96 valence electrons. The quantitative estimate of drug-likeness (QED) is 0.819. The molecule has 2 rings (SSSR count). The van der Waals surface area contributed by atoms with Crippen LogP contribution >= 0.6 is 0 Å². The predicted octanol–water partition coefficient (Wildman–Crippen LogP) is 0.824. The Kier molecular flexibility index (Phi) is 4.14. The lowest BCUT2D eigenvalue weighted by atomic mass is 10.3. The maximum Gasteiger partial charge on any atom is 0.134 e. The Morgan fingerprint density at radius 2 is 2.17 bits per heavy atom. The fourth-order valence-electron chi connectivity index (χ4n) is 1.49. The fraction of sp³-hybridized carbons (Fsp3) is 0.333. The molecule has 6 heteroatoms. The van der Waals surface area contributed by atoms with E-state index in [0.29, 0.717) is 19.7 Å². The van der Waals surface area contributed by atoms with E-state index in [4.69, 9.17) is 15.2 Å². The number of aromatic nitrogens is 3. The Balaban J connectivity index is 1.93. The van der Waals surface area contributed by atoms with Crippen molar-refractivity contribution in [1.29, 1.82) is 0 Å². The van der Waals surface area contributed by atoms with E-state index >= 15 is 0 Å². The zero-order valence-electron chi connectivity index (χ0n) is 10.2. The summed E-state index contributed by atoms with van der Waals surface area (Å²) in [4.78, 5) is 0. The summed E-state index contributed by atoms with van der Waals surface area (Å²) in [6.45, 7) is 1.57. The van der Waals surface area contributed by atoms with Gasteiger partial charge in [-0.15, -0.1) is 5.10 Å². The number of benzene rings is 1. The first-order valence-electron chi connectivity index (χ1n) is 5.68. The summed E-state index contributed by atoms with van der Waals surface area (Å²) in [6.07, 6.45) is 1.83. The van der Waals surface area contributed by atoms with E-state index in [1.807, 2.05) is 30.5 Å². The average Bonchev–Trinajstić information content (AvgIpc) is 2.85. The molecular formula is C12H16N4O2. The van der Waals surface area contributed by atoms with Gasteiger partial charge in [0.15, 0.2) is 0 Å². The van der Waals surface area contributed by atoms with E-state index in [0.717, 1.165) is 17.2 Å². The van der Waals surface area contributed by atoms with Crippen molar-refractivity contribution in [3.63, 3.8) is 0 Å². The number of hydrogen-bond acceptors (Lipinski definition) is 5. The van der Waals surface area contributed by atoms with Gasteiger partial charge in [-0.2, -0.15) is 0 Å². The lowest BCUT2D eigenvalue weighted by Crippen LogP contribution is -2.10. The highest BCUT2D eigenvalue weighted by molar-refractivity contribution is 5.32. The van der Waals surface area contributed by atoms with Crippen LogP contribution in [0, 0.1) is 0 Å². The van der Waals surface area contributed by atoms with E-state index in [-0.39, 0.29) is 0 Å². The maximum absolute atomic E-state index is 5.60. The standard InChI is InChI=1S/C12H16N4O2/c1-17-11-3-2-4-12(7-11)18-9-10-8-16(6-5-13)15-14-10/h2-4,7-8H,5-6,9,13H2,1H3. The highest BCUT2D eigenvalue weighted by Crippen LogP contribution is 2.19. The van der Waals surface area contributed by atoms with Gasteiger partial charge in [-0.05, 0) is 12.1 Å². The van der Waals surface area contributed by atoms with E-state index in [1.165, 1.54) is 0 Å². The largest absolute Gasteiger partial charge is 0.497 e. The van der Waals surface area contributed by atoms with Gasteiger partial charge < -0.3 is 15.2 Å². The minimum atomic E-state index is 0.373. The normalized spacial score (nSPS) is 10.3. The van der Waals surface area contributed by atoms with Crippen LogP contribution in [0.1, 0.15) is 5.69 Å². The zero-order chi connectivity index (χ0) is 12.8. The van der Waals surface area contributed by atoms with Gasteiger partial charge in [0.1, 0.15) is 23.8 Å². The molecule has 0 fully saturated rings. The van der Waals surface area contributed by atoms with Crippen LogP contribution in [0.15, 0.2) is 30.5 Å². The average molecular weight is 248 g/mol. The molecule has 1 heterocycles. The van der Waals surface area contributed by atoms with Crippen LogP contribution in [0.4, 0.5) is 0 Å². The molecule has 0 saturated carbocycles. The minimum absolute atomic E-state index is 0.373. The molecule has 0 saturated heterocycles. The number of hydrogen-bond donors (Lipinski definition) is 1. The Morgan fingerprint density at radius 1 is 1.33 bits per heavy atom. The molecule has 0 unspecified atom stereocenters. The van der Waals surface area contributed by atoms with Crippen molar-refractivity contribution >= 4 is 0 Å². The van der Waals surface area contributed by atoms with Crippen molar-refractivity contribution in [3.8, 4) is 11.5 Å². The third kappa shape index (κ3) is 3.21. The second-order valence-electron chi connectivity index (χ2n) is 3.73. The number of nitrogens with zero attached hydrogens (tertiary/aromatic N) is 3. The van der Waals surface area contributed by atoms with Crippen LogP contribution in [-0.2, 0) is 13.2 Å². The first-order valence-corrected chi connectivity index (χ1v) is 5.68. The number of rotatable bonds is 6. The molecule has 0 aliphatic carbocycles. The Morgan fingerprint density at radius 3 is 2.94 bits per heavy atom. The predicted molar refractivity (Wildman–Crippen MR) is 66.4 cm³/mol. The van der Waals surface area contributed by atoms with Gasteiger partial charge in [-0.25, -0.2) is 0 Å². The molecule has 0 aliphatic heterocycles. The summed E-state index contributed by atoms with van der Waals surface area (Å²) in [5.41, 5.74) is 6.20. The van der Waals surface area contributed by atoms with Crippen LogP contribution in [-0.4, -0.2) is 28.6 Å². The van der Waals surface area contributed by atoms with E-state index in [2.05, 4.69) is 10.3 Å². The Labute approximate surface area is 105 Å². The van der Waals surface area contributed by atoms with E-state index in [1.54, 1.807) is 11.8 Å². The first kappa shape index (κ1) is 12.4. The minimum Gasteiger partial charge on any atom is -0.497 e. The molecule has 2 aromatic rings. The van der Waals surface area contributed by atoms with Crippen LogP contribution in [0.5, 0.6) is 11.5 Å². The summed E-state index contributed by atoms with van der Waals surface area (Å²) in [5, 5.41) is 7.93. The van der Waals surface area contributed by atoms with Crippen LogP contribution < -0.4 is 15.2 Å². The van der Waals surface area contributed by atoms with E-state index < -0.39 is 0 Å². The van der Waals surface area contributed by atoms with Gasteiger partial charge in [-0.1, -0.05) is 11.3 Å². The van der Waals surface area contributed by atoms with Gasteiger partial charge in [0.25, 0.3) is 0 Å². The maximum atomic E-state index is 5.60. The van der Waals surface area contributed by atoms with Crippen molar-refractivity contribution in [2.75, 3.05) is 13.7 Å². The molecule has 18 heavy (non-hydrogen) atoms. The lowest BCUT2D eigenvalue weighted by Gasteiger charge is -2.05. The molecule has 0 aliphatic rings. The Bertz CT molecular complexity index is 498. The van der Waals surface area contributed by atoms with E-state index in [9.17, 15) is 0 Å². The molecule has 0 spiro atoms. The SMILES string of the molecule is COc1cccc(OCc2cn(CCN)nn2)c1. The molecule has 1 aromatic heterocycles. The first-order chi connectivity index (χ1) is 8.81. The summed E-state index contributed by atoms with van der Waals surface area (Å²) >= 11 is 0. The molecule has 2 N–H and O–H groups in total. The molecule has 0 atom stereocenters. The topological polar surface area (TPSA) is 75.2 Å². The van der Waals surface area contributed by atoms with Gasteiger partial charge in [0.2, 0.25) is 0 Å². The van der Waals surface area contributed by atoms with Crippen molar-refractivity contribution in [3.05, 3.63) is 36.2 Å². The lowest BCUT2D eigenvalue weighted by molar-refractivity contribution is 0.298. The van der Waals surface area contributed by atoms with Crippen LogP contribution in [0.3, 0.4) is 0 Å². The second kappa shape index (κ2) is 6.02. The molecule has 0 radical (unpaired) electrons. The third-order valence-corrected chi connectivity index (χ3v) is 2.37. The third-order valence-electron chi connectivity index (χ3n) is 2.37. The molecule has 0 amide bonds. The number of methoxy groups -OCH3 is 1. The van der Waals surface area contributed by atoms with Crippen LogP contribution in [0.2, 0.25) is 0 Å². The summed E-state index contributed by atoms with van der Waals surface area (Å²) in [5.74, 6) is 1.50. The smallest absolute Gasteiger partial charge is 0.134 e. The number of ether oxygens (including phenoxy) is 2. The molecule has 1 aromatic carbocycles. The van der Waals surface area contributed by atoms with Gasteiger partial charge in [-0.3, -0.25) is 4.68 Å². The van der Waals surface area contributed by atoms with Gasteiger partial charge in [0.05, 0.1) is 19.9 Å². The van der Waals surface area contributed by atoms with Crippen LogP contribution in [0.25, 0.3) is 0 Å². The second-order valence-corrected chi connectivity index (χ2v) is 3.73. The number of nitrogens with two attached hydrogens (primary N) is 1. The molecule has 0 bridgehead atoms. The Hall–Kier alpha value is -2.08. The summed E-state index contributed by atoms with van der Waals surface area (Å²) in [7, 11) is 1.62. The zero-order valence-corrected chi connectivity index (χ0v) is 10.2. The highest BCUT2D eigenvalue weighted by Gasteiger charge is 2.02. The summed E-state index contributed by atoms with van der Waals surface area (Å²) in [6, 6.07) is 7.43. The van der Waals surface area contributed by atoms with Crippen molar-refractivity contribution in [1.82, 2.24) is 15.0 Å². The van der Waals surface area contributed by atoms with Crippen molar-refractivity contribution in [2.45, 2.75) is 13.2 Å². The van der Waals surface area contributed by atoms with Gasteiger partial charge >= 0.3 is 0 Å².